The van der Waals surface area contributed by atoms with Gasteiger partial charge in [0.2, 0.25) is 0 Å². The van der Waals surface area contributed by atoms with Crippen molar-refractivity contribution in [2.75, 3.05) is 6.61 Å². The van der Waals surface area contributed by atoms with E-state index in [-0.39, 0.29) is 22.8 Å². The summed E-state index contributed by atoms with van der Waals surface area (Å²) in [6, 6.07) is 0. The molecular weight excluding hydrogens is 364 g/mol. The molecular formula is C18H29N4O4Si. The van der Waals surface area contributed by atoms with Gasteiger partial charge in [0.15, 0.2) is 16.5 Å². The van der Waals surface area contributed by atoms with Gasteiger partial charge >= 0.3 is 0 Å². The summed E-state index contributed by atoms with van der Waals surface area (Å²) in [6.45, 7) is 12.9. The molecule has 1 fully saturated rings. The molecule has 2 aromatic rings. The first-order valence-corrected chi connectivity index (χ1v) is 11.8. The van der Waals surface area contributed by atoms with Crippen LogP contribution in [-0.2, 0) is 14.8 Å². The Bertz CT molecular complexity index is 862. The van der Waals surface area contributed by atoms with Gasteiger partial charge in [0, 0.05) is 6.42 Å². The lowest BCUT2D eigenvalue weighted by atomic mass is 9.94. The number of ether oxygens (including phenoxy) is 2. The summed E-state index contributed by atoms with van der Waals surface area (Å²) in [7, 11) is -1.20. The van der Waals surface area contributed by atoms with Crippen LogP contribution in [0.3, 0.4) is 0 Å². The molecule has 9 heteroatoms. The van der Waals surface area contributed by atoms with E-state index in [9.17, 15) is 9.90 Å². The van der Waals surface area contributed by atoms with Crippen LogP contribution in [0.2, 0.25) is 13.1 Å². The predicted molar refractivity (Wildman–Crippen MR) is 104 cm³/mol. The molecule has 0 bridgehead atoms. The summed E-state index contributed by atoms with van der Waals surface area (Å²) >= 11 is 0. The minimum Gasteiger partial charge on any atom is -0.388 e. The van der Waals surface area contributed by atoms with Crippen molar-refractivity contribution in [3.05, 3.63) is 23.0 Å². The van der Waals surface area contributed by atoms with Gasteiger partial charge in [-0.25, -0.2) is 9.97 Å². The molecule has 0 aliphatic carbocycles. The number of aromatic nitrogens is 4. The maximum absolute atomic E-state index is 12.0. The second-order valence-corrected chi connectivity index (χ2v) is 11.0. The van der Waals surface area contributed by atoms with E-state index in [2.05, 4.69) is 55.7 Å². The highest BCUT2D eigenvalue weighted by atomic mass is 28.3. The van der Waals surface area contributed by atoms with Gasteiger partial charge in [-0.3, -0.25) is 9.36 Å². The number of hydrogen-bond donors (Lipinski definition) is 2. The summed E-state index contributed by atoms with van der Waals surface area (Å²) in [5.41, 5.74) is 0.0908. The van der Waals surface area contributed by atoms with Crippen molar-refractivity contribution in [3.63, 3.8) is 0 Å². The van der Waals surface area contributed by atoms with Crippen LogP contribution in [0.25, 0.3) is 11.2 Å². The SMILES string of the molecule is CC(C)C(C)(C)OC[C@@H]1C[C@@H](O)[C@@](n2cnc3c(=O)[nH]cnc32)([Si](C)C)O1. The van der Waals surface area contributed by atoms with E-state index in [0.29, 0.717) is 24.6 Å². The van der Waals surface area contributed by atoms with Crippen LogP contribution >= 0.6 is 0 Å². The van der Waals surface area contributed by atoms with Crippen LogP contribution in [0.4, 0.5) is 0 Å². The normalized spacial score (nSPS) is 26.6. The van der Waals surface area contributed by atoms with Gasteiger partial charge < -0.3 is 19.6 Å². The Morgan fingerprint density at radius 2 is 2.19 bits per heavy atom. The fourth-order valence-electron chi connectivity index (χ4n) is 3.36. The van der Waals surface area contributed by atoms with Crippen molar-refractivity contribution in [1.29, 1.82) is 0 Å². The topological polar surface area (TPSA) is 102 Å². The lowest BCUT2D eigenvalue weighted by Gasteiger charge is -2.37. The van der Waals surface area contributed by atoms with Crippen LogP contribution in [-0.4, -0.2) is 57.8 Å². The van der Waals surface area contributed by atoms with Gasteiger partial charge in [0.05, 0.1) is 31.0 Å². The molecule has 1 saturated heterocycles. The Balaban J connectivity index is 1.93. The van der Waals surface area contributed by atoms with Gasteiger partial charge in [-0.05, 0) is 19.8 Å². The number of nitrogens with zero attached hydrogens (tertiary/aromatic N) is 3. The van der Waals surface area contributed by atoms with Gasteiger partial charge in [-0.2, -0.15) is 0 Å². The van der Waals surface area contributed by atoms with Crippen molar-refractivity contribution in [3.8, 4) is 0 Å². The summed E-state index contributed by atoms with van der Waals surface area (Å²) in [5.74, 6) is 0.360. The summed E-state index contributed by atoms with van der Waals surface area (Å²) in [6.07, 6.45) is 2.40. The Kier molecular flexibility index (Phi) is 5.32. The molecule has 1 aliphatic rings. The number of nitrogens with one attached hydrogen (secondary N) is 1. The number of aromatic amines is 1. The molecule has 3 rings (SSSR count). The van der Waals surface area contributed by atoms with E-state index in [1.807, 2.05) is 0 Å². The second kappa shape index (κ2) is 7.12. The third-order valence-corrected chi connectivity index (χ3v) is 7.85. The lowest BCUT2D eigenvalue weighted by molar-refractivity contribution is -0.127. The Morgan fingerprint density at radius 3 is 2.81 bits per heavy atom. The third-order valence-electron chi connectivity index (χ3n) is 5.73. The summed E-state index contributed by atoms with van der Waals surface area (Å²) in [4.78, 5) is 23.0. The molecule has 1 radical (unpaired) electrons. The van der Waals surface area contributed by atoms with Crippen molar-refractivity contribution in [2.45, 2.75) is 70.4 Å². The smallest absolute Gasteiger partial charge is 0.278 e. The lowest BCUT2D eigenvalue weighted by Crippen LogP contribution is -2.52. The van der Waals surface area contributed by atoms with Gasteiger partial charge in [-0.15, -0.1) is 0 Å². The Hall–Kier alpha value is -1.55. The van der Waals surface area contributed by atoms with E-state index < -0.39 is 20.2 Å². The highest BCUT2D eigenvalue weighted by molar-refractivity contribution is 6.58. The van der Waals surface area contributed by atoms with E-state index in [0.717, 1.165) is 0 Å². The van der Waals surface area contributed by atoms with Crippen LogP contribution < -0.4 is 5.56 Å². The number of rotatable bonds is 6. The van der Waals surface area contributed by atoms with Crippen molar-refractivity contribution in [2.24, 2.45) is 5.92 Å². The van der Waals surface area contributed by atoms with E-state index in [1.165, 1.54) is 6.33 Å². The molecule has 3 heterocycles. The number of H-pyrrole nitrogens is 1. The molecule has 1 aliphatic heterocycles. The summed E-state index contributed by atoms with van der Waals surface area (Å²) < 4.78 is 14.3. The number of fused-ring (bicyclic) bond motifs is 1. The van der Waals surface area contributed by atoms with E-state index in [4.69, 9.17) is 9.47 Å². The first kappa shape index (κ1) is 20.2. The molecule has 27 heavy (non-hydrogen) atoms. The van der Waals surface area contributed by atoms with Gasteiger partial charge in [0.1, 0.15) is 14.9 Å². The maximum Gasteiger partial charge on any atom is 0.278 e. The number of imidazole rings is 1. The largest absolute Gasteiger partial charge is 0.388 e. The van der Waals surface area contributed by atoms with Crippen molar-refractivity contribution in [1.82, 2.24) is 19.5 Å². The average Bonchev–Trinajstić information content (AvgIpc) is 3.15. The predicted octanol–water partition coefficient (Wildman–Crippen LogP) is 1.67. The molecule has 2 aromatic heterocycles. The number of aliphatic hydroxyl groups is 1. The van der Waals surface area contributed by atoms with E-state index in [1.54, 1.807) is 10.9 Å². The fourth-order valence-corrected chi connectivity index (χ4v) is 5.20. The number of hydrogen-bond acceptors (Lipinski definition) is 6. The number of aliphatic hydroxyl groups excluding tert-OH is 1. The highest BCUT2D eigenvalue weighted by Crippen LogP contribution is 2.39. The van der Waals surface area contributed by atoms with Crippen molar-refractivity contribution < 1.29 is 14.6 Å². The van der Waals surface area contributed by atoms with Crippen LogP contribution in [0.5, 0.6) is 0 Å². The molecule has 0 unspecified atom stereocenters. The fraction of sp³-hybridized carbons (Fsp3) is 0.722. The monoisotopic (exact) mass is 393 g/mol. The van der Waals surface area contributed by atoms with Gasteiger partial charge in [-0.1, -0.05) is 26.9 Å². The standard InChI is InChI=1S/C18H29N4O4Si/c1-11(2)17(3,4)25-8-12-7-13(23)18(26-12,27(5)6)22-10-21-14-15(22)19-9-20-16(14)24/h9-13,23H,7-8H2,1-6H3,(H,19,20,24)/t12-,13+,18-/m0/s1. The van der Waals surface area contributed by atoms with Crippen molar-refractivity contribution >= 4 is 20.0 Å². The maximum atomic E-state index is 12.0. The second-order valence-electron chi connectivity index (χ2n) is 8.28. The highest BCUT2D eigenvalue weighted by Gasteiger charge is 2.53. The quantitative estimate of drug-likeness (QED) is 0.724. The summed E-state index contributed by atoms with van der Waals surface area (Å²) in [5, 5.41) is 10.1. The Morgan fingerprint density at radius 1 is 1.48 bits per heavy atom. The minimum atomic E-state index is -1.20. The zero-order chi connectivity index (χ0) is 20.0. The molecule has 0 spiro atoms. The van der Waals surface area contributed by atoms with Crippen LogP contribution in [0.15, 0.2) is 17.4 Å². The average molecular weight is 394 g/mol. The van der Waals surface area contributed by atoms with E-state index >= 15 is 0 Å². The molecule has 149 valence electrons. The first-order chi connectivity index (χ1) is 12.6. The van der Waals surface area contributed by atoms with Crippen LogP contribution in [0.1, 0.15) is 34.1 Å². The molecule has 3 atom stereocenters. The Labute approximate surface area is 160 Å². The molecule has 0 aromatic carbocycles. The zero-order valence-electron chi connectivity index (χ0n) is 16.8. The zero-order valence-corrected chi connectivity index (χ0v) is 17.8. The molecule has 8 nitrogen and oxygen atoms in total. The minimum absolute atomic E-state index is 0.239. The first-order valence-electron chi connectivity index (χ1n) is 9.31. The van der Waals surface area contributed by atoms with Crippen LogP contribution in [0, 0.1) is 5.92 Å². The van der Waals surface area contributed by atoms with Gasteiger partial charge in [0.25, 0.3) is 5.56 Å². The molecule has 0 amide bonds. The molecule has 2 N–H and O–H groups in total. The third kappa shape index (κ3) is 3.37. The molecule has 0 saturated carbocycles.